The van der Waals surface area contributed by atoms with Gasteiger partial charge in [-0.2, -0.15) is 0 Å². The fraction of sp³-hybridized carbons (Fsp3) is 0.500. The minimum Gasteiger partial charge on any atom is -0.392 e. The van der Waals surface area contributed by atoms with Crippen molar-refractivity contribution < 1.29 is 9.90 Å². The lowest BCUT2D eigenvalue weighted by atomic mass is 10.0. The highest BCUT2D eigenvalue weighted by atomic mass is 16.3. The molecule has 18 heavy (non-hydrogen) atoms. The molecule has 0 bridgehead atoms. The molecule has 2 rings (SSSR count). The van der Waals surface area contributed by atoms with Gasteiger partial charge in [-0.25, -0.2) is 0 Å². The number of anilines is 1. The summed E-state index contributed by atoms with van der Waals surface area (Å²) in [6.45, 7) is 3.38. The predicted octanol–water partition coefficient (Wildman–Crippen LogP) is 1.60. The summed E-state index contributed by atoms with van der Waals surface area (Å²) in [7, 11) is 0. The van der Waals surface area contributed by atoms with E-state index in [-0.39, 0.29) is 12.5 Å². The van der Waals surface area contributed by atoms with Crippen LogP contribution in [0.15, 0.2) is 24.3 Å². The molecule has 4 nitrogen and oxygen atoms in total. The van der Waals surface area contributed by atoms with Crippen LogP contribution >= 0.6 is 0 Å². The molecule has 0 spiro atoms. The molecule has 0 unspecified atom stereocenters. The van der Waals surface area contributed by atoms with E-state index in [9.17, 15) is 4.79 Å². The zero-order valence-electron chi connectivity index (χ0n) is 10.7. The number of carbonyl (C=O) groups excluding carboxylic acids is 1. The summed E-state index contributed by atoms with van der Waals surface area (Å²) in [5.41, 5.74) is 2.00. The third-order valence-corrected chi connectivity index (χ3v) is 3.45. The van der Waals surface area contributed by atoms with Crippen molar-refractivity contribution in [3.8, 4) is 0 Å². The average Bonchev–Trinajstić information content (AvgIpc) is 2.40. The summed E-state index contributed by atoms with van der Waals surface area (Å²) in [5.74, 6) is 0.167. The van der Waals surface area contributed by atoms with E-state index in [1.165, 1.54) is 0 Å². The number of aliphatic hydroxyl groups excluding tert-OH is 1. The first-order valence-corrected chi connectivity index (χ1v) is 6.41. The Morgan fingerprint density at radius 3 is 2.44 bits per heavy atom. The molecule has 2 N–H and O–H groups in total. The highest BCUT2D eigenvalue weighted by Gasteiger charge is 2.20. The highest BCUT2D eigenvalue weighted by Crippen LogP contribution is 2.17. The molecule has 1 heterocycles. The number of hydrogen-bond donors (Lipinski definition) is 2. The number of benzene rings is 1. The molecule has 4 heteroatoms. The second kappa shape index (κ2) is 5.87. The van der Waals surface area contributed by atoms with Gasteiger partial charge in [-0.1, -0.05) is 12.1 Å². The lowest BCUT2D eigenvalue weighted by molar-refractivity contribution is -0.129. The number of likely N-dealkylation sites (tertiary alicyclic amines) is 1. The number of piperidine rings is 1. The van der Waals surface area contributed by atoms with E-state index < -0.39 is 0 Å². The van der Waals surface area contributed by atoms with E-state index in [0.717, 1.165) is 37.2 Å². The zero-order chi connectivity index (χ0) is 13.0. The number of aliphatic hydroxyl groups is 1. The smallest absolute Gasteiger partial charge is 0.219 e. The molecule has 1 saturated heterocycles. The fourth-order valence-electron chi connectivity index (χ4n) is 2.28. The Hall–Kier alpha value is -1.55. The summed E-state index contributed by atoms with van der Waals surface area (Å²) in [4.78, 5) is 13.1. The Morgan fingerprint density at radius 1 is 1.33 bits per heavy atom. The molecular formula is C14H20N2O2. The Balaban J connectivity index is 1.85. The van der Waals surface area contributed by atoms with Gasteiger partial charge in [-0.3, -0.25) is 4.79 Å². The SMILES string of the molecule is CC(=O)N1CCC(Nc2ccc(CO)cc2)CC1. The van der Waals surface area contributed by atoms with Gasteiger partial charge >= 0.3 is 0 Å². The minimum atomic E-state index is 0.0806. The predicted molar refractivity (Wildman–Crippen MR) is 71.3 cm³/mol. The first-order chi connectivity index (χ1) is 8.69. The van der Waals surface area contributed by atoms with Gasteiger partial charge < -0.3 is 15.3 Å². The number of amides is 1. The van der Waals surface area contributed by atoms with Gasteiger partial charge in [0.2, 0.25) is 5.91 Å². The van der Waals surface area contributed by atoms with Gasteiger partial charge in [0.25, 0.3) is 0 Å². The molecule has 1 aromatic rings. The monoisotopic (exact) mass is 248 g/mol. The van der Waals surface area contributed by atoms with Crippen LogP contribution in [0.1, 0.15) is 25.3 Å². The third-order valence-electron chi connectivity index (χ3n) is 3.45. The van der Waals surface area contributed by atoms with Crippen LogP contribution in [0.25, 0.3) is 0 Å². The topological polar surface area (TPSA) is 52.6 Å². The van der Waals surface area contributed by atoms with Crippen LogP contribution in [0.4, 0.5) is 5.69 Å². The van der Waals surface area contributed by atoms with Crippen molar-refractivity contribution in [2.75, 3.05) is 18.4 Å². The summed E-state index contributed by atoms with van der Waals surface area (Å²) in [6.07, 6.45) is 1.97. The molecule has 0 radical (unpaired) electrons. The molecule has 1 aliphatic rings. The summed E-state index contributed by atoms with van der Waals surface area (Å²) < 4.78 is 0. The second-order valence-electron chi connectivity index (χ2n) is 4.78. The zero-order valence-corrected chi connectivity index (χ0v) is 10.7. The molecule has 1 amide bonds. The molecule has 0 atom stereocenters. The Bertz CT molecular complexity index is 395. The van der Waals surface area contributed by atoms with Gasteiger partial charge in [0.05, 0.1) is 6.61 Å². The lowest BCUT2D eigenvalue weighted by Gasteiger charge is -2.32. The quantitative estimate of drug-likeness (QED) is 0.854. The van der Waals surface area contributed by atoms with Gasteiger partial charge in [0.1, 0.15) is 0 Å². The van der Waals surface area contributed by atoms with Crippen molar-refractivity contribution in [3.63, 3.8) is 0 Å². The van der Waals surface area contributed by atoms with Crippen LogP contribution in [0.2, 0.25) is 0 Å². The summed E-state index contributed by atoms with van der Waals surface area (Å²) in [5, 5.41) is 12.4. The normalized spacial score (nSPS) is 16.7. The summed E-state index contributed by atoms with van der Waals surface area (Å²) >= 11 is 0. The number of hydrogen-bond acceptors (Lipinski definition) is 3. The molecule has 0 aromatic heterocycles. The van der Waals surface area contributed by atoms with Gasteiger partial charge in [-0.05, 0) is 30.5 Å². The largest absolute Gasteiger partial charge is 0.392 e. The number of nitrogens with one attached hydrogen (secondary N) is 1. The maximum Gasteiger partial charge on any atom is 0.219 e. The second-order valence-corrected chi connectivity index (χ2v) is 4.78. The van der Waals surface area contributed by atoms with E-state index in [0.29, 0.717) is 6.04 Å². The number of nitrogens with zero attached hydrogens (tertiary/aromatic N) is 1. The van der Waals surface area contributed by atoms with Crippen molar-refractivity contribution in [1.29, 1.82) is 0 Å². The Kier molecular flexibility index (Phi) is 4.20. The number of rotatable bonds is 3. The van der Waals surface area contributed by atoms with Gasteiger partial charge in [0.15, 0.2) is 0 Å². The van der Waals surface area contributed by atoms with Gasteiger partial charge in [0, 0.05) is 31.7 Å². The molecule has 1 fully saturated rings. The Morgan fingerprint density at radius 2 is 1.94 bits per heavy atom. The molecular weight excluding hydrogens is 228 g/mol. The molecule has 1 aromatic carbocycles. The molecule has 98 valence electrons. The van der Waals surface area contributed by atoms with Crippen LogP contribution in [0.3, 0.4) is 0 Å². The molecule has 0 saturated carbocycles. The maximum absolute atomic E-state index is 11.2. The molecule has 0 aliphatic carbocycles. The minimum absolute atomic E-state index is 0.0806. The maximum atomic E-state index is 11.2. The number of carbonyl (C=O) groups is 1. The fourth-order valence-corrected chi connectivity index (χ4v) is 2.28. The van der Waals surface area contributed by atoms with Crippen molar-refractivity contribution >= 4 is 11.6 Å². The standard InChI is InChI=1S/C14H20N2O2/c1-11(18)16-8-6-14(7-9-16)15-13-4-2-12(10-17)3-5-13/h2-5,14-15,17H,6-10H2,1H3. The van der Waals surface area contributed by atoms with Crippen LogP contribution < -0.4 is 5.32 Å². The van der Waals surface area contributed by atoms with Crippen molar-refractivity contribution in [1.82, 2.24) is 4.90 Å². The van der Waals surface area contributed by atoms with Gasteiger partial charge in [-0.15, -0.1) is 0 Å². The highest BCUT2D eigenvalue weighted by molar-refractivity contribution is 5.73. The van der Waals surface area contributed by atoms with E-state index >= 15 is 0 Å². The van der Waals surface area contributed by atoms with Crippen molar-refractivity contribution in [2.45, 2.75) is 32.4 Å². The summed E-state index contributed by atoms with van der Waals surface area (Å²) in [6, 6.07) is 8.26. The van der Waals surface area contributed by atoms with E-state index in [1.54, 1.807) is 6.92 Å². The van der Waals surface area contributed by atoms with E-state index in [2.05, 4.69) is 5.32 Å². The average molecular weight is 248 g/mol. The Labute approximate surface area is 108 Å². The van der Waals surface area contributed by atoms with Crippen molar-refractivity contribution in [2.24, 2.45) is 0 Å². The first kappa shape index (κ1) is 12.9. The van der Waals surface area contributed by atoms with Crippen molar-refractivity contribution in [3.05, 3.63) is 29.8 Å². The van der Waals surface area contributed by atoms with Crippen LogP contribution in [0.5, 0.6) is 0 Å². The van der Waals surface area contributed by atoms with E-state index in [4.69, 9.17) is 5.11 Å². The van der Waals surface area contributed by atoms with Crippen LogP contribution in [0, 0.1) is 0 Å². The van der Waals surface area contributed by atoms with Crippen LogP contribution in [-0.2, 0) is 11.4 Å². The molecule has 1 aliphatic heterocycles. The third kappa shape index (κ3) is 3.23. The van der Waals surface area contributed by atoms with Crippen LogP contribution in [-0.4, -0.2) is 35.0 Å². The van der Waals surface area contributed by atoms with E-state index in [1.807, 2.05) is 29.2 Å². The lowest BCUT2D eigenvalue weighted by Crippen LogP contribution is -2.41. The first-order valence-electron chi connectivity index (χ1n) is 6.41.